The standard InChI is InChI=1S/C41H71NO7/c1-6-8-10-12-14-16-18-19-20-22-23-25-27-29-31-39(43)48-36-37(35-47-34-33-38(41(45)46)42(3,4)5)49-40(44)32-30-28-26-24-21-17-15-13-11-9-7-2/h8,10,13-17,21,37-38H,6-7,9,11-12,18-20,22-36H2,1-5H3/b10-8+,15-13+,16-14+,21-17+. The molecule has 0 aliphatic carbocycles. The predicted molar refractivity (Wildman–Crippen MR) is 199 cm³/mol. The van der Waals surface area contributed by atoms with Gasteiger partial charge in [0.15, 0.2) is 6.10 Å². The molecule has 0 N–H and O–H groups in total. The van der Waals surface area contributed by atoms with E-state index in [1.54, 1.807) is 21.1 Å². The highest BCUT2D eigenvalue weighted by molar-refractivity contribution is 5.70. The van der Waals surface area contributed by atoms with Crippen molar-refractivity contribution in [1.82, 2.24) is 0 Å². The van der Waals surface area contributed by atoms with E-state index in [0.29, 0.717) is 6.42 Å². The average molecular weight is 690 g/mol. The van der Waals surface area contributed by atoms with Gasteiger partial charge in [-0.2, -0.15) is 0 Å². The van der Waals surface area contributed by atoms with Crippen LogP contribution in [0.25, 0.3) is 0 Å². The van der Waals surface area contributed by atoms with Crippen LogP contribution in [0.15, 0.2) is 48.6 Å². The molecule has 282 valence electrons. The molecule has 0 aromatic carbocycles. The van der Waals surface area contributed by atoms with Gasteiger partial charge in [0.2, 0.25) is 0 Å². The van der Waals surface area contributed by atoms with Crippen LogP contribution in [0.3, 0.4) is 0 Å². The number of likely N-dealkylation sites (N-methyl/N-ethyl adjacent to an activating group) is 1. The third-order valence-corrected chi connectivity index (χ3v) is 8.23. The van der Waals surface area contributed by atoms with Gasteiger partial charge in [0, 0.05) is 19.3 Å². The highest BCUT2D eigenvalue weighted by Gasteiger charge is 2.25. The molecule has 49 heavy (non-hydrogen) atoms. The van der Waals surface area contributed by atoms with E-state index in [9.17, 15) is 19.5 Å². The Balaban J connectivity index is 4.46. The maximum atomic E-state index is 12.6. The second-order valence-electron chi connectivity index (χ2n) is 13.8. The summed E-state index contributed by atoms with van der Waals surface area (Å²) in [6.07, 6.45) is 35.7. The van der Waals surface area contributed by atoms with Crippen molar-refractivity contribution in [2.24, 2.45) is 0 Å². The molecule has 0 amide bonds. The number of quaternary nitrogens is 1. The number of hydrogen-bond acceptors (Lipinski definition) is 7. The largest absolute Gasteiger partial charge is 0.544 e. The van der Waals surface area contributed by atoms with Crippen LogP contribution in [0, 0.1) is 0 Å². The summed E-state index contributed by atoms with van der Waals surface area (Å²) in [7, 11) is 5.38. The van der Waals surface area contributed by atoms with Crippen LogP contribution in [0.2, 0.25) is 0 Å². The van der Waals surface area contributed by atoms with Gasteiger partial charge in [-0.1, -0.05) is 114 Å². The first-order valence-electron chi connectivity index (χ1n) is 19.2. The summed E-state index contributed by atoms with van der Waals surface area (Å²) in [5.74, 6) is -1.79. The Kier molecular flexibility index (Phi) is 30.7. The van der Waals surface area contributed by atoms with E-state index in [4.69, 9.17) is 14.2 Å². The highest BCUT2D eigenvalue weighted by atomic mass is 16.6. The number of carboxylic acids is 1. The fraction of sp³-hybridized carbons (Fsp3) is 0.732. The molecule has 0 aliphatic heterocycles. The number of carboxylic acid groups (broad SMARTS) is 1. The smallest absolute Gasteiger partial charge is 0.306 e. The van der Waals surface area contributed by atoms with E-state index in [1.807, 2.05) is 0 Å². The Hall–Kier alpha value is -2.71. The fourth-order valence-corrected chi connectivity index (χ4v) is 5.20. The molecule has 0 aromatic heterocycles. The maximum absolute atomic E-state index is 12.6. The van der Waals surface area contributed by atoms with Crippen molar-refractivity contribution in [3.8, 4) is 0 Å². The van der Waals surface area contributed by atoms with Crippen molar-refractivity contribution in [3.05, 3.63) is 48.6 Å². The van der Waals surface area contributed by atoms with Crippen molar-refractivity contribution in [1.29, 1.82) is 0 Å². The van der Waals surface area contributed by atoms with Gasteiger partial charge in [0.05, 0.1) is 40.3 Å². The third-order valence-electron chi connectivity index (χ3n) is 8.23. The summed E-state index contributed by atoms with van der Waals surface area (Å²) in [6, 6.07) is -0.731. The second-order valence-corrected chi connectivity index (χ2v) is 13.8. The number of rotatable bonds is 33. The number of nitrogens with zero attached hydrogens (tertiary/aromatic N) is 1. The van der Waals surface area contributed by atoms with Crippen LogP contribution in [-0.4, -0.2) is 75.5 Å². The van der Waals surface area contributed by atoms with Crippen LogP contribution in [-0.2, 0) is 28.6 Å². The highest BCUT2D eigenvalue weighted by Crippen LogP contribution is 2.12. The molecule has 0 aromatic rings. The maximum Gasteiger partial charge on any atom is 0.306 e. The van der Waals surface area contributed by atoms with Gasteiger partial charge in [0.25, 0.3) is 0 Å². The summed E-state index contributed by atoms with van der Waals surface area (Å²) < 4.78 is 17.0. The molecule has 0 radical (unpaired) electrons. The number of hydrogen-bond donors (Lipinski definition) is 0. The average Bonchev–Trinajstić information content (AvgIpc) is 3.05. The lowest BCUT2D eigenvalue weighted by Gasteiger charge is -2.34. The predicted octanol–water partition coefficient (Wildman–Crippen LogP) is 8.35. The first-order chi connectivity index (χ1) is 23.6. The van der Waals surface area contributed by atoms with Gasteiger partial charge < -0.3 is 28.6 Å². The number of carbonyl (C=O) groups is 3. The van der Waals surface area contributed by atoms with E-state index in [1.165, 1.54) is 38.5 Å². The number of aliphatic carboxylic acids is 1. The van der Waals surface area contributed by atoms with Crippen molar-refractivity contribution in [2.75, 3.05) is 41.0 Å². The number of ether oxygens (including phenoxy) is 3. The van der Waals surface area contributed by atoms with Gasteiger partial charge in [-0.05, 0) is 57.8 Å². The zero-order chi connectivity index (χ0) is 36.4. The Morgan fingerprint density at radius 2 is 1.20 bits per heavy atom. The molecule has 2 atom stereocenters. The van der Waals surface area contributed by atoms with Crippen LogP contribution < -0.4 is 5.11 Å². The molecule has 0 aliphatic rings. The third kappa shape index (κ3) is 31.0. The van der Waals surface area contributed by atoms with E-state index in [-0.39, 0.29) is 49.1 Å². The quantitative estimate of drug-likeness (QED) is 0.0224. The molecule has 8 heteroatoms. The van der Waals surface area contributed by atoms with Crippen molar-refractivity contribution >= 4 is 17.9 Å². The number of allylic oxidation sites excluding steroid dienone is 8. The number of unbranched alkanes of at least 4 members (excludes halogenated alkanes) is 12. The summed E-state index contributed by atoms with van der Waals surface area (Å²) in [5, 5.41) is 11.6. The molecular formula is C41H71NO7. The normalized spacial score (nSPS) is 13.6. The summed E-state index contributed by atoms with van der Waals surface area (Å²) >= 11 is 0. The molecule has 2 unspecified atom stereocenters. The number of esters is 2. The van der Waals surface area contributed by atoms with Crippen molar-refractivity contribution < 1.29 is 38.2 Å². The van der Waals surface area contributed by atoms with Crippen molar-refractivity contribution in [3.63, 3.8) is 0 Å². The second kappa shape index (κ2) is 32.5. The van der Waals surface area contributed by atoms with Gasteiger partial charge >= 0.3 is 11.9 Å². The fourth-order valence-electron chi connectivity index (χ4n) is 5.20. The zero-order valence-electron chi connectivity index (χ0n) is 31.8. The molecular weight excluding hydrogens is 618 g/mol. The van der Waals surface area contributed by atoms with Crippen LogP contribution in [0.1, 0.15) is 142 Å². The molecule has 0 bridgehead atoms. The van der Waals surface area contributed by atoms with E-state index in [2.05, 4.69) is 62.5 Å². The van der Waals surface area contributed by atoms with E-state index < -0.39 is 18.1 Å². The molecule has 0 heterocycles. The molecule has 0 saturated heterocycles. The lowest BCUT2D eigenvalue weighted by Crippen LogP contribution is -2.55. The van der Waals surface area contributed by atoms with Gasteiger partial charge in [-0.15, -0.1) is 0 Å². The number of carbonyl (C=O) groups excluding carboxylic acids is 3. The van der Waals surface area contributed by atoms with Crippen LogP contribution in [0.4, 0.5) is 0 Å². The first-order valence-corrected chi connectivity index (χ1v) is 19.2. The monoisotopic (exact) mass is 690 g/mol. The minimum Gasteiger partial charge on any atom is -0.544 e. The Morgan fingerprint density at radius 3 is 1.82 bits per heavy atom. The minimum absolute atomic E-state index is 0.0260. The molecule has 8 nitrogen and oxygen atoms in total. The van der Waals surface area contributed by atoms with Crippen LogP contribution >= 0.6 is 0 Å². The summed E-state index contributed by atoms with van der Waals surface area (Å²) in [6.45, 7) is 4.44. The van der Waals surface area contributed by atoms with Gasteiger partial charge in [-0.3, -0.25) is 9.59 Å². The summed E-state index contributed by atoms with van der Waals surface area (Å²) in [4.78, 5) is 36.6. The van der Waals surface area contributed by atoms with Gasteiger partial charge in [-0.25, -0.2) is 0 Å². The lowest BCUT2D eigenvalue weighted by molar-refractivity contribution is -0.889. The van der Waals surface area contributed by atoms with E-state index in [0.717, 1.165) is 70.6 Å². The summed E-state index contributed by atoms with van der Waals surface area (Å²) in [5.41, 5.74) is 0. The molecule has 0 saturated carbocycles. The topological polar surface area (TPSA) is 102 Å². The van der Waals surface area contributed by atoms with Gasteiger partial charge in [0.1, 0.15) is 12.6 Å². The SMILES string of the molecule is CC/C=C/C/C=C/CCCCCCCCCC(=O)OCC(COCCC(C(=O)[O-])[N+](C)(C)C)OC(=O)CCCCC/C=C/C=C/CCCC. The zero-order valence-corrected chi connectivity index (χ0v) is 31.8. The Bertz CT molecular complexity index is 948. The van der Waals surface area contributed by atoms with E-state index >= 15 is 0 Å². The Morgan fingerprint density at radius 1 is 0.653 bits per heavy atom. The minimum atomic E-state index is -1.13. The van der Waals surface area contributed by atoms with Crippen molar-refractivity contribution in [2.45, 2.75) is 154 Å². The molecule has 0 spiro atoms. The van der Waals surface area contributed by atoms with Crippen LogP contribution in [0.5, 0.6) is 0 Å². The Labute approximate surface area is 299 Å². The molecule has 0 fully saturated rings. The lowest BCUT2D eigenvalue weighted by atomic mass is 10.1. The molecule has 0 rings (SSSR count). The first kappa shape index (κ1) is 46.3.